The lowest BCUT2D eigenvalue weighted by molar-refractivity contribution is 0.119. The van der Waals surface area contributed by atoms with Crippen LogP contribution in [0.2, 0.25) is 0 Å². The van der Waals surface area contributed by atoms with Gasteiger partial charge in [-0.25, -0.2) is 0 Å². The minimum absolute atomic E-state index is 0.734. The highest BCUT2D eigenvalue weighted by molar-refractivity contribution is 5.25. The average Bonchev–Trinajstić information content (AvgIpc) is 2.74. The highest BCUT2D eigenvalue weighted by Crippen LogP contribution is 2.44. The third-order valence-electron chi connectivity index (χ3n) is 7.01. The minimum Gasteiger partial charge on any atom is -0.377 e. The van der Waals surface area contributed by atoms with Gasteiger partial charge in [-0.05, 0) is 99.0 Å². The zero-order valence-electron chi connectivity index (χ0n) is 17.1. The molecule has 0 saturated heterocycles. The standard InChI is InChI=1S/C26H38O/c1-3-5-6-19-27-20-22-9-13-24(14-10-22)26-17-15-25(16-18-26)23-11-7-21(4-2)8-12-23/h3-4,9-10,13-14,21,23,25-26H,1-2,5-8,11-12,15-20H2. The molecule has 0 atom stereocenters. The number of hydrogen-bond acceptors (Lipinski definition) is 1. The molecule has 2 aliphatic carbocycles. The highest BCUT2D eigenvalue weighted by atomic mass is 16.5. The Balaban J connectivity index is 1.40. The minimum atomic E-state index is 0.734. The van der Waals surface area contributed by atoms with E-state index < -0.39 is 0 Å². The molecule has 0 N–H and O–H groups in total. The Kier molecular flexibility index (Phi) is 8.20. The number of unbranched alkanes of at least 4 members (excludes halogenated alkanes) is 1. The lowest BCUT2D eigenvalue weighted by Crippen LogP contribution is -2.25. The molecule has 1 aromatic rings. The van der Waals surface area contributed by atoms with E-state index in [2.05, 4.69) is 43.5 Å². The molecule has 2 saturated carbocycles. The van der Waals surface area contributed by atoms with Gasteiger partial charge in [-0.1, -0.05) is 36.4 Å². The molecule has 1 heteroatoms. The summed E-state index contributed by atoms with van der Waals surface area (Å²) in [5.41, 5.74) is 2.84. The van der Waals surface area contributed by atoms with Crippen molar-refractivity contribution in [2.45, 2.75) is 76.7 Å². The van der Waals surface area contributed by atoms with Crippen LogP contribution < -0.4 is 0 Å². The van der Waals surface area contributed by atoms with Crippen molar-refractivity contribution in [2.24, 2.45) is 17.8 Å². The van der Waals surface area contributed by atoms with Crippen molar-refractivity contribution >= 4 is 0 Å². The second kappa shape index (κ2) is 10.9. The van der Waals surface area contributed by atoms with E-state index in [1.54, 1.807) is 5.56 Å². The Labute approximate surface area is 166 Å². The molecular formula is C26H38O. The van der Waals surface area contributed by atoms with Crippen molar-refractivity contribution in [1.29, 1.82) is 0 Å². The maximum atomic E-state index is 5.75. The number of benzene rings is 1. The predicted octanol–water partition coefficient (Wildman–Crippen LogP) is 7.44. The van der Waals surface area contributed by atoms with E-state index in [-0.39, 0.29) is 0 Å². The topological polar surface area (TPSA) is 9.23 Å². The van der Waals surface area contributed by atoms with Crippen molar-refractivity contribution in [3.63, 3.8) is 0 Å². The monoisotopic (exact) mass is 366 g/mol. The van der Waals surface area contributed by atoms with Gasteiger partial charge < -0.3 is 4.74 Å². The molecule has 0 radical (unpaired) electrons. The van der Waals surface area contributed by atoms with Crippen LogP contribution in [-0.4, -0.2) is 6.61 Å². The van der Waals surface area contributed by atoms with Gasteiger partial charge in [0.25, 0.3) is 0 Å². The van der Waals surface area contributed by atoms with Crippen LogP contribution >= 0.6 is 0 Å². The number of rotatable bonds is 9. The molecule has 0 amide bonds. The molecule has 27 heavy (non-hydrogen) atoms. The van der Waals surface area contributed by atoms with Gasteiger partial charge in [0.05, 0.1) is 6.61 Å². The van der Waals surface area contributed by atoms with Crippen LogP contribution in [-0.2, 0) is 11.3 Å². The van der Waals surface area contributed by atoms with E-state index in [9.17, 15) is 0 Å². The fourth-order valence-corrected chi connectivity index (χ4v) is 5.18. The summed E-state index contributed by atoms with van der Waals surface area (Å²) >= 11 is 0. The van der Waals surface area contributed by atoms with Gasteiger partial charge in [0, 0.05) is 6.61 Å². The van der Waals surface area contributed by atoms with Gasteiger partial charge >= 0.3 is 0 Å². The summed E-state index contributed by atoms with van der Waals surface area (Å²) < 4.78 is 5.75. The van der Waals surface area contributed by atoms with Gasteiger partial charge in [0.2, 0.25) is 0 Å². The van der Waals surface area contributed by atoms with E-state index in [4.69, 9.17) is 4.74 Å². The van der Waals surface area contributed by atoms with E-state index >= 15 is 0 Å². The van der Waals surface area contributed by atoms with Crippen molar-refractivity contribution in [3.05, 3.63) is 60.7 Å². The van der Waals surface area contributed by atoms with Gasteiger partial charge in [-0.2, -0.15) is 0 Å². The van der Waals surface area contributed by atoms with Crippen molar-refractivity contribution in [1.82, 2.24) is 0 Å². The van der Waals surface area contributed by atoms with Gasteiger partial charge in [0.15, 0.2) is 0 Å². The van der Waals surface area contributed by atoms with Gasteiger partial charge in [-0.3, -0.25) is 0 Å². The first-order chi connectivity index (χ1) is 13.3. The molecule has 0 aliphatic heterocycles. The van der Waals surface area contributed by atoms with Crippen molar-refractivity contribution in [2.75, 3.05) is 6.61 Å². The van der Waals surface area contributed by atoms with Gasteiger partial charge in [0.1, 0.15) is 0 Å². The molecule has 1 nitrogen and oxygen atoms in total. The smallest absolute Gasteiger partial charge is 0.0716 e. The Morgan fingerprint density at radius 1 is 0.852 bits per heavy atom. The molecule has 2 fully saturated rings. The van der Waals surface area contributed by atoms with Crippen LogP contribution in [0.15, 0.2) is 49.6 Å². The summed E-state index contributed by atoms with van der Waals surface area (Å²) in [6.07, 6.45) is 17.5. The second-order valence-corrected chi connectivity index (χ2v) is 8.75. The average molecular weight is 367 g/mol. The summed E-state index contributed by atoms with van der Waals surface area (Å²) in [6.45, 7) is 9.30. The molecule has 2 aliphatic rings. The Morgan fingerprint density at radius 3 is 2.07 bits per heavy atom. The molecule has 0 spiro atoms. The quantitative estimate of drug-likeness (QED) is 0.326. The molecule has 0 bridgehead atoms. The Hall–Kier alpha value is -1.34. The summed E-state index contributed by atoms with van der Waals surface area (Å²) in [5, 5.41) is 0. The SMILES string of the molecule is C=CCCCOCc1ccc(C2CCC(C3CCC(C=C)CC3)CC2)cc1. The normalized spacial score (nSPS) is 28.6. The Bertz CT molecular complexity index is 556. The fraction of sp³-hybridized carbons (Fsp3) is 0.615. The summed E-state index contributed by atoms with van der Waals surface area (Å²) in [5.74, 6) is 3.54. The van der Waals surface area contributed by atoms with E-state index in [0.29, 0.717) is 0 Å². The van der Waals surface area contributed by atoms with E-state index in [0.717, 1.165) is 49.7 Å². The largest absolute Gasteiger partial charge is 0.377 e. The maximum absolute atomic E-state index is 5.75. The molecule has 1 aromatic carbocycles. The maximum Gasteiger partial charge on any atom is 0.0716 e. The molecular weight excluding hydrogens is 328 g/mol. The number of hydrogen-bond donors (Lipinski definition) is 0. The van der Waals surface area contributed by atoms with Crippen LogP contribution in [0.4, 0.5) is 0 Å². The summed E-state index contributed by atoms with van der Waals surface area (Å²) in [7, 11) is 0. The van der Waals surface area contributed by atoms with Crippen LogP contribution in [0.5, 0.6) is 0 Å². The van der Waals surface area contributed by atoms with Crippen LogP contribution in [0, 0.1) is 17.8 Å². The molecule has 0 aromatic heterocycles. The van der Waals surface area contributed by atoms with E-state index in [1.165, 1.54) is 56.9 Å². The van der Waals surface area contributed by atoms with Crippen LogP contribution in [0.25, 0.3) is 0 Å². The number of allylic oxidation sites excluding steroid dienone is 2. The lowest BCUT2D eigenvalue weighted by atomic mass is 9.68. The van der Waals surface area contributed by atoms with Crippen molar-refractivity contribution < 1.29 is 4.74 Å². The van der Waals surface area contributed by atoms with E-state index in [1.807, 2.05) is 6.08 Å². The first-order valence-electron chi connectivity index (χ1n) is 11.2. The van der Waals surface area contributed by atoms with Crippen LogP contribution in [0.3, 0.4) is 0 Å². The summed E-state index contributed by atoms with van der Waals surface area (Å²) in [6, 6.07) is 9.24. The zero-order valence-corrected chi connectivity index (χ0v) is 17.1. The first kappa shape index (κ1) is 20.4. The lowest BCUT2D eigenvalue weighted by Gasteiger charge is -2.37. The third kappa shape index (κ3) is 6.07. The molecule has 148 valence electrons. The first-order valence-corrected chi connectivity index (χ1v) is 11.2. The fourth-order valence-electron chi connectivity index (χ4n) is 5.18. The van der Waals surface area contributed by atoms with Crippen molar-refractivity contribution in [3.8, 4) is 0 Å². The molecule has 3 rings (SSSR count). The zero-order chi connectivity index (χ0) is 18.9. The third-order valence-corrected chi connectivity index (χ3v) is 7.01. The molecule has 0 heterocycles. The summed E-state index contributed by atoms with van der Waals surface area (Å²) in [4.78, 5) is 0. The second-order valence-electron chi connectivity index (χ2n) is 8.75. The highest BCUT2D eigenvalue weighted by Gasteiger charge is 2.30. The number of ether oxygens (including phenoxy) is 1. The molecule has 0 unspecified atom stereocenters. The van der Waals surface area contributed by atoms with Gasteiger partial charge in [-0.15, -0.1) is 13.2 Å². The van der Waals surface area contributed by atoms with Crippen LogP contribution in [0.1, 0.15) is 81.3 Å². The predicted molar refractivity (Wildman–Crippen MR) is 116 cm³/mol. The Morgan fingerprint density at radius 2 is 1.48 bits per heavy atom.